The van der Waals surface area contributed by atoms with Gasteiger partial charge in [0.15, 0.2) is 0 Å². The highest BCUT2D eigenvalue weighted by Gasteiger charge is 2.30. The first-order valence-electron chi connectivity index (χ1n) is 6.72. The van der Waals surface area contributed by atoms with E-state index in [9.17, 15) is 9.90 Å². The maximum atomic E-state index is 12.5. The smallest absolute Gasteiger partial charge is 0.257 e. The second-order valence-electron chi connectivity index (χ2n) is 5.01. The van der Waals surface area contributed by atoms with Gasteiger partial charge in [0.05, 0.1) is 17.7 Å². The van der Waals surface area contributed by atoms with E-state index in [2.05, 4.69) is 10.3 Å². The van der Waals surface area contributed by atoms with E-state index >= 15 is 0 Å². The van der Waals surface area contributed by atoms with Crippen LogP contribution in [0, 0.1) is 0 Å². The molecule has 1 aromatic rings. The number of pyridine rings is 1. The Morgan fingerprint density at radius 2 is 2.21 bits per heavy atom. The van der Waals surface area contributed by atoms with Crippen molar-refractivity contribution < 1.29 is 9.90 Å². The monoisotopic (exact) mass is 263 g/mol. The lowest BCUT2D eigenvalue weighted by Gasteiger charge is -2.35. The number of hydrogen-bond donors (Lipinski definition) is 2. The highest BCUT2D eigenvalue weighted by molar-refractivity contribution is 5.99. The first-order valence-corrected chi connectivity index (χ1v) is 6.72. The summed E-state index contributed by atoms with van der Waals surface area (Å²) >= 11 is 0. The molecule has 1 aliphatic rings. The van der Waals surface area contributed by atoms with Crippen molar-refractivity contribution in [3.63, 3.8) is 0 Å². The van der Waals surface area contributed by atoms with Crippen LogP contribution in [0.2, 0.25) is 0 Å². The van der Waals surface area contributed by atoms with E-state index < -0.39 is 6.10 Å². The van der Waals surface area contributed by atoms with Crippen molar-refractivity contribution in [3.8, 4) is 0 Å². The van der Waals surface area contributed by atoms with Gasteiger partial charge in [-0.25, -0.2) is 0 Å². The number of aromatic nitrogens is 1. The standard InChI is InChI=1S/C14H21N3O2/c1-15-11-7-8-16-9-10(11)14(19)17(2)12-5-3-4-6-13(12)18/h7-9,12-13,18H,3-6H2,1-2H3,(H,15,16). The third-order valence-corrected chi connectivity index (χ3v) is 3.83. The van der Waals surface area contributed by atoms with E-state index in [1.54, 1.807) is 37.5 Å². The Hall–Kier alpha value is -1.62. The van der Waals surface area contributed by atoms with Crippen molar-refractivity contribution in [2.24, 2.45) is 0 Å². The number of anilines is 1. The molecule has 2 unspecified atom stereocenters. The van der Waals surface area contributed by atoms with Crippen LogP contribution >= 0.6 is 0 Å². The Bertz CT molecular complexity index is 450. The summed E-state index contributed by atoms with van der Waals surface area (Å²) in [5.74, 6) is -0.0941. The molecule has 0 saturated heterocycles. The van der Waals surface area contributed by atoms with Gasteiger partial charge in [-0.1, -0.05) is 12.8 Å². The first-order chi connectivity index (χ1) is 9.15. The van der Waals surface area contributed by atoms with Gasteiger partial charge in [-0.05, 0) is 18.9 Å². The van der Waals surface area contributed by atoms with Gasteiger partial charge in [0.2, 0.25) is 0 Å². The molecule has 2 N–H and O–H groups in total. The van der Waals surface area contributed by atoms with Crippen LogP contribution in [0.15, 0.2) is 18.5 Å². The van der Waals surface area contributed by atoms with E-state index in [1.165, 1.54) is 0 Å². The van der Waals surface area contributed by atoms with Crippen LogP contribution in [0.1, 0.15) is 36.0 Å². The number of aliphatic hydroxyl groups excluding tert-OH is 1. The molecule has 104 valence electrons. The van der Waals surface area contributed by atoms with Crippen molar-refractivity contribution in [3.05, 3.63) is 24.0 Å². The van der Waals surface area contributed by atoms with Crippen molar-refractivity contribution in [1.29, 1.82) is 0 Å². The number of hydrogen-bond acceptors (Lipinski definition) is 4. The number of nitrogens with zero attached hydrogens (tertiary/aromatic N) is 2. The topological polar surface area (TPSA) is 65.5 Å². The number of amides is 1. The summed E-state index contributed by atoms with van der Waals surface area (Å²) in [6.07, 6.45) is 6.53. The highest BCUT2D eigenvalue weighted by atomic mass is 16.3. The second kappa shape index (κ2) is 6.02. The second-order valence-corrected chi connectivity index (χ2v) is 5.01. The Morgan fingerprint density at radius 3 is 2.89 bits per heavy atom. The van der Waals surface area contributed by atoms with Crippen LogP contribution in [0.4, 0.5) is 5.69 Å². The molecule has 0 radical (unpaired) electrons. The predicted molar refractivity (Wildman–Crippen MR) is 74.1 cm³/mol. The maximum absolute atomic E-state index is 12.5. The molecule has 1 amide bonds. The fraction of sp³-hybridized carbons (Fsp3) is 0.571. The molecular weight excluding hydrogens is 242 g/mol. The molecule has 5 heteroatoms. The summed E-state index contributed by atoms with van der Waals surface area (Å²) in [5, 5.41) is 13.0. The van der Waals surface area contributed by atoms with Gasteiger partial charge in [0, 0.05) is 32.2 Å². The fourth-order valence-electron chi connectivity index (χ4n) is 2.67. The summed E-state index contributed by atoms with van der Waals surface area (Å²) in [7, 11) is 3.54. The molecule has 5 nitrogen and oxygen atoms in total. The molecule has 2 atom stereocenters. The lowest BCUT2D eigenvalue weighted by atomic mass is 9.91. The zero-order chi connectivity index (χ0) is 13.8. The zero-order valence-corrected chi connectivity index (χ0v) is 11.5. The van der Waals surface area contributed by atoms with E-state index in [-0.39, 0.29) is 11.9 Å². The van der Waals surface area contributed by atoms with Crippen molar-refractivity contribution >= 4 is 11.6 Å². The van der Waals surface area contributed by atoms with Crippen LogP contribution in [0.5, 0.6) is 0 Å². The lowest BCUT2D eigenvalue weighted by molar-refractivity contribution is 0.0268. The first kappa shape index (κ1) is 13.8. The maximum Gasteiger partial charge on any atom is 0.257 e. The van der Waals surface area contributed by atoms with Gasteiger partial charge in [0.25, 0.3) is 5.91 Å². The molecular formula is C14H21N3O2. The minimum absolute atomic E-state index is 0.0915. The molecule has 0 bridgehead atoms. The minimum atomic E-state index is -0.419. The number of rotatable bonds is 3. The van der Waals surface area contributed by atoms with Gasteiger partial charge in [-0.2, -0.15) is 0 Å². The van der Waals surface area contributed by atoms with E-state index in [0.717, 1.165) is 31.4 Å². The molecule has 0 aliphatic heterocycles. The highest BCUT2D eigenvalue weighted by Crippen LogP contribution is 2.24. The number of carbonyl (C=O) groups is 1. The average molecular weight is 263 g/mol. The molecule has 1 aromatic heterocycles. The molecule has 1 fully saturated rings. The van der Waals surface area contributed by atoms with Gasteiger partial charge in [0.1, 0.15) is 0 Å². The lowest BCUT2D eigenvalue weighted by Crippen LogP contribution is -2.46. The van der Waals surface area contributed by atoms with E-state index in [1.807, 2.05) is 0 Å². The SMILES string of the molecule is CNc1ccncc1C(=O)N(C)C1CCCCC1O. The number of aliphatic hydroxyl groups is 1. The molecule has 1 aliphatic carbocycles. The van der Waals surface area contributed by atoms with Crippen LogP contribution in [0.25, 0.3) is 0 Å². The van der Waals surface area contributed by atoms with E-state index in [4.69, 9.17) is 0 Å². The molecule has 0 spiro atoms. The Balaban J connectivity index is 2.18. The third kappa shape index (κ3) is 2.87. The van der Waals surface area contributed by atoms with Crippen LogP contribution in [-0.4, -0.2) is 47.1 Å². The molecule has 19 heavy (non-hydrogen) atoms. The molecule has 1 heterocycles. The third-order valence-electron chi connectivity index (χ3n) is 3.83. The van der Waals surface area contributed by atoms with Gasteiger partial charge < -0.3 is 15.3 Å². The minimum Gasteiger partial charge on any atom is -0.391 e. The van der Waals surface area contributed by atoms with Crippen LogP contribution in [-0.2, 0) is 0 Å². The van der Waals surface area contributed by atoms with Crippen molar-refractivity contribution in [2.75, 3.05) is 19.4 Å². The van der Waals surface area contributed by atoms with Gasteiger partial charge in [-0.3, -0.25) is 9.78 Å². The normalized spacial score (nSPS) is 22.9. The summed E-state index contributed by atoms with van der Waals surface area (Å²) in [6, 6.07) is 1.68. The van der Waals surface area contributed by atoms with Gasteiger partial charge in [-0.15, -0.1) is 0 Å². The molecule has 0 aromatic carbocycles. The van der Waals surface area contributed by atoms with Crippen molar-refractivity contribution in [1.82, 2.24) is 9.88 Å². The number of carbonyl (C=O) groups excluding carboxylic acids is 1. The Labute approximate surface area is 113 Å². The summed E-state index contributed by atoms with van der Waals surface area (Å²) in [4.78, 5) is 18.2. The quantitative estimate of drug-likeness (QED) is 0.867. The number of nitrogens with one attached hydrogen (secondary N) is 1. The Morgan fingerprint density at radius 1 is 1.47 bits per heavy atom. The van der Waals surface area contributed by atoms with Crippen LogP contribution in [0.3, 0.4) is 0 Å². The Kier molecular flexibility index (Phi) is 4.37. The molecule has 1 saturated carbocycles. The van der Waals surface area contributed by atoms with Crippen LogP contribution < -0.4 is 5.32 Å². The van der Waals surface area contributed by atoms with Crippen molar-refractivity contribution in [2.45, 2.75) is 37.8 Å². The van der Waals surface area contributed by atoms with E-state index in [0.29, 0.717) is 5.56 Å². The van der Waals surface area contributed by atoms with Gasteiger partial charge >= 0.3 is 0 Å². The fourth-order valence-corrected chi connectivity index (χ4v) is 2.67. The summed E-state index contributed by atoms with van der Waals surface area (Å²) in [5.41, 5.74) is 1.31. The largest absolute Gasteiger partial charge is 0.391 e. The zero-order valence-electron chi connectivity index (χ0n) is 11.5. The number of likely N-dealkylation sites (N-methyl/N-ethyl adjacent to an activating group) is 1. The summed E-state index contributed by atoms with van der Waals surface area (Å²) < 4.78 is 0. The summed E-state index contributed by atoms with van der Waals surface area (Å²) in [6.45, 7) is 0. The molecule has 2 rings (SSSR count). The predicted octanol–water partition coefficient (Wildman–Crippen LogP) is 1.50. The average Bonchev–Trinajstić information content (AvgIpc) is 2.46.